The van der Waals surface area contributed by atoms with E-state index in [1.807, 2.05) is 0 Å². The maximum atomic E-state index is 3.88. The fourth-order valence-corrected chi connectivity index (χ4v) is 6.02. The molecular weight excluding hydrogens is 257 g/mol. The summed E-state index contributed by atoms with van der Waals surface area (Å²) < 4.78 is 1.78. The summed E-state index contributed by atoms with van der Waals surface area (Å²) in [6, 6.07) is 0. The first kappa shape index (κ1) is 11.9. The van der Waals surface area contributed by atoms with Crippen LogP contribution >= 0.6 is 0 Å². The summed E-state index contributed by atoms with van der Waals surface area (Å²) in [5.74, 6) is 0. The number of allylic oxidation sites excluding steroid dienone is 5. The average molecular weight is 279 g/mol. The third-order valence-electron chi connectivity index (χ3n) is 2.48. The first-order valence-corrected chi connectivity index (χ1v) is 10.7. The zero-order valence-corrected chi connectivity index (χ0v) is 11.1. The van der Waals surface area contributed by atoms with Gasteiger partial charge in [-0.15, -0.1) is 0 Å². The summed E-state index contributed by atoms with van der Waals surface area (Å²) in [4.78, 5) is 0. The van der Waals surface area contributed by atoms with Crippen molar-refractivity contribution in [3.8, 4) is 0 Å². The Morgan fingerprint density at radius 1 is 1.29 bits per heavy atom. The minimum absolute atomic E-state index is 1.23. The Balaban J connectivity index is 2.68. The second-order valence-electron chi connectivity index (χ2n) is 3.99. The van der Waals surface area contributed by atoms with E-state index in [0.29, 0.717) is 0 Å². The second-order valence-corrected chi connectivity index (χ2v) is 12.4. The van der Waals surface area contributed by atoms with Gasteiger partial charge in [-0.1, -0.05) is 0 Å². The second kappa shape index (κ2) is 5.66. The van der Waals surface area contributed by atoms with Crippen LogP contribution in [0.2, 0.25) is 16.1 Å². The fraction of sp³-hybridized carbons (Fsp3) is 0.538. The molecule has 0 aromatic heterocycles. The zero-order chi connectivity index (χ0) is 10.4. The van der Waals surface area contributed by atoms with Crippen LogP contribution in [0.15, 0.2) is 35.1 Å². The summed E-state index contributed by atoms with van der Waals surface area (Å²) in [6.07, 6.45) is 14.3. The van der Waals surface area contributed by atoms with E-state index in [0.717, 1.165) is 0 Å². The van der Waals surface area contributed by atoms with Crippen LogP contribution in [0.5, 0.6) is 0 Å². The fourth-order valence-electron chi connectivity index (χ4n) is 1.67. The van der Waals surface area contributed by atoms with Crippen molar-refractivity contribution in [3.05, 3.63) is 35.1 Å². The number of hydrogen-bond acceptors (Lipinski definition) is 0. The summed E-state index contributed by atoms with van der Waals surface area (Å²) in [5.41, 5.74) is 4.99. The van der Waals surface area contributed by atoms with E-state index >= 15 is 0 Å². The van der Waals surface area contributed by atoms with Crippen molar-refractivity contribution in [3.63, 3.8) is 0 Å². The summed E-state index contributed by atoms with van der Waals surface area (Å²) in [5, 5.41) is 1.26. The van der Waals surface area contributed by atoms with Crippen molar-refractivity contribution >= 4 is 0 Å². The predicted octanol–water partition coefficient (Wildman–Crippen LogP) is 4.85. The molecule has 0 aromatic rings. The molecule has 1 heteroatoms. The number of hydrogen-bond donors (Lipinski definition) is 0. The third-order valence-corrected chi connectivity index (χ3v) is 8.57. The Kier molecular flexibility index (Phi) is 4.82. The van der Waals surface area contributed by atoms with Gasteiger partial charge in [0.2, 0.25) is 0 Å². The van der Waals surface area contributed by atoms with Crippen LogP contribution in [0.4, 0.5) is 0 Å². The van der Waals surface area contributed by atoms with Crippen LogP contribution in [0, 0.1) is 0 Å². The van der Waals surface area contributed by atoms with Crippen molar-refractivity contribution < 1.29 is 14.8 Å². The third kappa shape index (κ3) is 3.54. The summed E-state index contributed by atoms with van der Waals surface area (Å²) in [6.45, 7) is 3.88. The van der Waals surface area contributed by atoms with Crippen LogP contribution in [0.25, 0.3) is 0 Å². The van der Waals surface area contributed by atoms with Gasteiger partial charge in [-0.25, -0.2) is 0 Å². The van der Waals surface area contributed by atoms with Gasteiger partial charge in [0.05, 0.1) is 0 Å². The molecule has 0 radical (unpaired) electrons. The Bertz CT molecular complexity index is 246. The Morgan fingerprint density at radius 3 is 2.71 bits per heavy atom. The van der Waals surface area contributed by atoms with E-state index in [9.17, 15) is 0 Å². The van der Waals surface area contributed by atoms with Crippen molar-refractivity contribution in [2.24, 2.45) is 0 Å². The molecule has 0 saturated carbocycles. The first-order valence-electron chi connectivity index (χ1n) is 5.15. The van der Waals surface area contributed by atoms with Crippen LogP contribution in [0.3, 0.4) is 0 Å². The molecule has 1 rings (SSSR count). The molecule has 0 aromatic carbocycles. The molecule has 0 amide bonds. The Morgan fingerprint density at radius 2 is 2.00 bits per heavy atom. The molecule has 0 bridgehead atoms. The molecule has 0 fully saturated rings. The maximum absolute atomic E-state index is 3.88. The molecular formula is C13H22Ru. The summed E-state index contributed by atoms with van der Waals surface area (Å²) >= 11 is -1.48. The molecule has 0 aliphatic heterocycles. The quantitative estimate of drug-likeness (QED) is 0.511. The van der Waals surface area contributed by atoms with Gasteiger partial charge >= 0.3 is 91.6 Å². The van der Waals surface area contributed by atoms with E-state index in [1.54, 1.807) is 4.17 Å². The summed E-state index contributed by atoms with van der Waals surface area (Å²) in [7, 11) is 0. The normalized spacial score (nSPS) is 19.4. The van der Waals surface area contributed by atoms with Gasteiger partial charge in [0, 0.05) is 0 Å². The van der Waals surface area contributed by atoms with E-state index in [-0.39, 0.29) is 0 Å². The molecule has 0 atom stereocenters. The van der Waals surface area contributed by atoms with Crippen molar-refractivity contribution in [1.82, 2.24) is 0 Å². The Hall–Kier alpha value is -0.157. The van der Waals surface area contributed by atoms with Gasteiger partial charge in [0.25, 0.3) is 0 Å². The van der Waals surface area contributed by atoms with E-state index in [2.05, 4.69) is 41.9 Å². The molecule has 0 heterocycles. The first-order chi connectivity index (χ1) is 6.67. The van der Waals surface area contributed by atoms with Crippen molar-refractivity contribution in [1.29, 1.82) is 0 Å². The van der Waals surface area contributed by atoms with Crippen molar-refractivity contribution in [2.45, 2.75) is 41.7 Å². The average Bonchev–Trinajstić information content (AvgIpc) is 2.01. The molecule has 0 saturated heterocycles. The molecule has 82 valence electrons. The zero-order valence-electron chi connectivity index (χ0n) is 9.41. The molecule has 0 nitrogen and oxygen atoms in total. The van der Waals surface area contributed by atoms with Gasteiger partial charge in [-0.05, 0) is 0 Å². The molecule has 0 unspecified atom stereocenters. The molecule has 0 N–H and O–H groups in total. The van der Waals surface area contributed by atoms with Gasteiger partial charge in [0.1, 0.15) is 0 Å². The standard InChI is InChI=1S/C8H11.C3H5.2CH3.Ru/c1-2-4-6-8-7-5-3-1;1-3-2;;;/h1-2,7H,3-6H2;3H,1-2H2;2*1H3;. The van der Waals surface area contributed by atoms with Gasteiger partial charge < -0.3 is 0 Å². The van der Waals surface area contributed by atoms with Gasteiger partial charge in [-0.3, -0.25) is 0 Å². The minimum atomic E-state index is -1.48. The van der Waals surface area contributed by atoms with Crippen molar-refractivity contribution in [2.75, 3.05) is 0 Å². The van der Waals surface area contributed by atoms with Gasteiger partial charge in [-0.2, -0.15) is 0 Å². The topological polar surface area (TPSA) is 0 Å². The SMILES string of the molecule is C=C[CH2][Ru]([CH3])([CH3])[C]1=CCCC=CCC1. The molecule has 0 spiro atoms. The van der Waals surface area contributed by atoms with Crippen LogP contribution in [-0.2, 0) is 14.8 Å². The van der Waals surface area contributed by atoms with Crippen LogP contribution in [0.1, 0.15) is 25.7 Å². The van der Waals surface area contributed by atoms with Crippen LogP contribution in [-0.4, -0.2) is 0 Å². The monoisotopic (exact) mass is 280 g/mol. The molecule has 1 aliphatic rings. The van der Waals surface area contributed by atoms with Gasteiger partial charge in [0.15, 0.2) is 0 Å². The Labute approximate surface area is 91.6 Å². The molecule has 1 aliphatic carbocycles. The van der Waals surface area contributed by atoms with E-state index in [1.165, 1.54) is 30.7 Å². The van der Waals surface area contributed by atoms with Crippen LogP contribution < -0.4 is 0 Å². The molecule has 14 heavy (non-hydrogen) atoms. The van der Waals surface area contributed by atoms with E-state index in [4.69, 9.17) is 0 Å². The predicted molar refractivity (Wildman–Crippen MR) is 62.4 cm³/mol. The van der Waals surface area contributed by atoms with E-state index < -0.39 is 14.8 Å². The number of rotatable bonds is 3.